The Morgan fingerprint density at radius 1 is 1.28 bits per heavy atom. The normalized spacial score (nSPS) is 18.0. The number of piperidine rings is 1. The Bertz CT molecular complexity index is 1260. The molecule has 10 nitrogen and oxygen atoms in total. The van der Waals surface area contributed by atoms with Crippen LogP contribution in [0.4, 0.5) is 0 Å². The lowest BCUT2D eigenvalue weighted by Gasteiger charge is -2.31. The highest BCUT2D eigenvalue weighted by Crippen LogP contribution is 2.39. The fraction of sp³-hybridized carbons (Fsp3) is 0.375. The number of phenolic OH excluding ortho intramolecular Hbond substituents is 1. The van der Waals surface area contributed by atoms with E-state index in [0.717, 1.165) is 29.3 Å². The zero-order valence-corrected chi connectivity index (χ0v) is 21.0. The fourth-order valence-electron chi connectivity index (χ4n) is 4.25. The number of aromatic hydroxyl groups is 1. The van der Waals surface area contributed by atoms with Crippen molar-refractivity contribution in [1.29, 1.82) is 0 Å². The fourth-order valence-corrected chi connectivity index (χ4v) is 5.54. The van der Waals surface area contributed by atoms with E-state index in [1.165, 1.54) is 13.4 Å². The van der Waals surface area contributed by atoms with Gasteiger partial charge in [0.15, 0.2) is 12.7 Å². The van der Waals surface area contributed by atoms with Gasteiger partial charge in [-0.05, 0) is 25.0 Å². The number of phenols is 1. The number of methoxy groups -OCH3 is 1. The number of nitrogens with zero attached hydrogens (tertiary/aromatic N) is 5. The van der Waals surface area contributed by atoms with E-state index in [4.69, 9.17) is 30.9 Å². The molecule has 0 saturated carbocycles. The summed E-state index contributed by atoms with van der Waals surface area (Å²) in [5.74, 6) is 0.949. The molecule has 188 valence electrons. The van der Waals surface area contributed by atoms with Gasteiger partial charge in [0.2, 0.25) is 11.8 Å². The molecule has 1 fully saturated rings. The van der Waals surface area contributed by atoms with Crippen LogP contribution >= 0.6 is 22.9 Å². The summed E-state index contributed by atoms with van der Waals surface area (Å²) in [6.07, 6.45) is 3.00. The minimum Gasteiger partial charge on any atom is -0.507 e. The Labute approximate surface area is 216 Å². The van der Waals surface area contributed by atoms with Crippen LogP contribution < -0.4 is 9.47 Å². The average molecular weight is 530 g/mol. The summed E-state index contributed by atoms with van der Waals surface area (Å²) in [6, 6.07) is 6.53. The van der Waals surface area contributed by atoms with Crippen LogP contribution in [0.1, 0.15) is 47.5 Å². The van der Waals surface area contributed by atoms with Crippen LogP contribution in [0.2, 0.25) is 5.02 Å². The van der Waals surface area contributed by atoms with Gasteiger partial charge in [0.1, 0.15) is 17.8 Å². The summed E-state index contributed by atoms with van der Waals surface area (Å²) in [5, 5.41) is 17.8. The first-order valence-electron chi connectivity index (χ1n) is 11.4. The van der Waals surface area contributed by atoms with E-state index in [1.54, 1.807) is 40.5 Å². The SMILES string of the molecule is COc1cc(OCC(=O)N2CCC(c3nc(C4=NOC(c5c(O)cccc5Cl)C4)cs3)CC2)ncn1. The predicted molar refractivity (Wildman–Crippen MR) is 133 cm³/mol. The number of amides is 1. The summed E-state index contributed by atoms with van der Waals surface area (Å²) in [5.41, 5.74) is 2.04. The molecule has 3 aromatic rings. The molecule has 36 heavy (non-hydrogen) atoms. The second kappa shape index (κ2) is 10.7. The lowest BCUT2D eigenvalue weighted by Crippen LogP contribution is -2.40. The lowest BCUT2D eigenvalue weighted by atomic mass is 9.97. The van der Waals surface area contributed by atoms with Crippen molar-refractivity contribution >= 4 is 34.6 Å². The van der Waals surface area contributed by atoms with Crippen molar-refractivity contribution in [3.05, 3.63) is 57.3 Å². The minimum atomic E-state index is -0.446. The second-order valence-corrected chi connectivity index (χ2v) is 9.72. The number of benzene rings is 1. The number of rotatable bonds is 7. The molecular formula is C24H24ClN5O5S. The summed E-state index contributed by atoms with van der Waals surface area (Å²) < 4.78 is 10.5. The third-order valence-electron chi connectivity index (χ3n) is 6.20. The zero-order valence-electron chi connectivity index (χ0n) is 19.5. The van der Waals surface area contributed by atoms with Crippen LogP contribution in [0.15, 0.2) is 41.1 Å². The zero-order chi connectivity index (χ0) is 25.1. The lowest BCUT2D eigenvalue weighted by molar-refractivity contribution is -0.134. The molecule has 0 aliphatic carbocycles. The number of ether oxygens (including phenoxy) is 2. The minimum absolute atomic E-state index is 0.0859. The number of aromatic nitrogens is 3. The summed E-state index contributed by atoms with van der Waals surface area (Å²) in [7, 11) is 1.50. The molecule has 0 radical (unpaired) electrons. The van der Waals surface area contributed by atoms with Crippen LogP contribution in [-0.4, -0.2) is 63.4 Å². The standard InChI is InChI=1S/C24H24ClN5O5S/c1-33-20-10-21(27-13-26-20)34-11-22(32)30-7-5-14(6-8-30)24-28-17(12-36-24)16-9-19(35-29-16)23-15(25)3-2-4-18(23)31/h2-4,10,12-14,19,31H,5-9,11H2,1H3. The Morgan fingerprint density at radius 3 is 2.86 bits per heavy atom. The van der Waals surface area contributed by atoms with Gasteiger partial charge in [-0.2, -0.15) is 0 Å². The summed E-state index contributed by atoms with van der Waals surface area (Å²) in [4.78, 5) is 32.7. The van der Waals surface area contributed by atoms with Gasteiger partial charge in [-0.25, -0.2) is 15.0 Å². The first-order chi connectivity index (χ1) is 17.5. The van der Waals surface area contributed by atoms with Gasteiger partial charge >= 0.3 is 0 Å². The maximum Gasteiger partial charge on any atom is 0.260 e. The number of carbonyl (C=O) groups is 1. The van der Waals surface area contributed by atoms with Gasteiger partial charge in [-0.1, -0.05) is 22.8 Å². The molecule has 2 aliphatic rings. The van der Waals surface area contributed by atoms with E-state index < -0.39 is 6.10 Å². The number of oxime groups is 1. The molecule has 1 atom stereocenters. The summed E-state index contributed by atoms with van der Waals surface area (Å²) in [6.45, 7) is 1.17. The molecule has 2 aliphatic heterocycles. The van der Waals surface area contributed by atoms with Crippen LogP contribution in [0.5, 0.6) is 17.5 Å². The molecule has 4 heterocycles. The van der Waals surface area contributed by atoms with Crippen molar-refractivity contribution in [1.82, 2.24) is 19.9 Å². The highest BCUT2D eigenvalue weighted by atomic mass is 35.5. The monoisotopic (exact) mass is 529 g/mol. The van der Waals surface area contributed by atoms with E-state index in [1.807, 2.05) is 5.38 Å². The smallest absolute Gasteiger partial charge is 0.260 e. The number of carbonyl (C=O) groups excluding carboxylic acids is 1. The summed E-state index contributed by atoms with van der Waals surface area (Å²) >= 11 is 7.84. The van der Waals surface area contributed by atoms with Crippen LogP contribution in [0.3, 0.4) is 0 Å². The number of hydrogen-bond acceptors (Lipinski definition) is 10. The van der Waals surface area contributed by atoms with Crippen LogP contribution in [-0.2, 0) is 9.63 Å². The largest absolute Gasteiger partial charge is 0.507 e. The number of halogens is 1. The van der Waals surface area contributed by atoms with Gasteiger partial charge in [0.05, 0.1) is 34.5 Å². The Kier molecular flexibility index (Phi) is 7.19. The molecule has 12 heteroatoms. The first-order valence-corrected chi connectivity index (χ1v) is 12.7. The van der Waals surface area contributed by atoms with E-state index in [0.29, 0.717) is 41.9 Å². The molecule has 0 bridgehead atoms. The third-order valence-corrected chi connectivity index (χ3v) is 7.54. The van der Waals surface area contributed by atoms with Gasteiger partial charge < -0.3 is 24.3 Å². The second-order valence-electron chi connectivity index (χ2n) is 8.42. The maximum absolute atomic E-state index is 12.6. The van der Waals surface area contributed by atoms with Crippen molar-refractivity contribution < 1.29 is 24.2 Å². The van der Waals surface area contributed by atoms with Crippen molar-refractivity contribution in [2.75, 3.05) is 26.8 Å². The number of likely N-dealkylation sites (tertiary alicyclic amines) is 1. The maximum atomic E-state index is 12.6. The van der Waals surface area contributed by atoms with Gasteiger partial charge in [-0.15, -0.1) is 11.3 Å². The Hall–Kier alpha value is -3.44. The van der Waals surface area contributed by atoms with E-state index in [-0.39, 0.29) is 24.2 Å². The average Bonchev–Trinajstić information content (AvgIpc) is 3.58. The molecule has 1 unspecified atom stereocenters. The molecular weight excluding hydrogens is 506 g/mol. The van der Waals surface area contributed by atoms with Gasteiger partial charge in [0, 0.05) is 30.8 Å². The van der Waals surface area contributed by atoms with Crippen molar-refractivity contribution in [2.45, 2.75) is 31.3 Å². The molecule has 1 N–H and O–H groups in total. The van der Waals surface area contributed by atoms with Crippen molar-refractivity contribution in [3.63, 3.8) is 0 Å². The molecule has 5 rings (SSSR count). The predicted octanol–water partition coefficient (Wildman–Crippen LogP) is 3.95. The Balaban J connectivity index is 1.13. The first kappa shape index (κ1) is 24.3. The Morgan fingerprint density at radius 2 is 2.08 bits per heavy atom. The van der Waals surface area contributed by atoms with Gasteiger partial charge in [0.25, 0.3) is 5.91 Å². The van der Waals surface area contributed by atoms with Crippen molar-refractivity contribution in [3.8, 4) is 17.5 Å². The highest BCUT2D eigenvalue weighted by Gasteiger charge is 2.31. The van der Waals surface area contributed by atoms with E-state index in [2.05, 4.69) is 15.1 Å². The molecule has 1 saturated heterocycles. The van der Waals surface area contributed by atoms with Gasteiger partial charge in [-0.3, -0.25) is 4.79 Å². The molecule has 0 spiro atoms. The number of thiazole rings is 1. The van der Waals surface area contributed by atoms with Crippen LogP contribution in [0, 0.1) is 0 Å². The van der Waals surface area contributed by atoms with Crippen molar-refractivity contribution in [2.24, 2.45) is 5.16 Å². The quantitative estimate of drug-likeness (QED) is 0.488. The van der Waals surface area contributed by atoms with E-state index in [9.17, 15) is 9.90 Å². The van der Waals surface area contributed by atoms with Crippen LogP contribution in [0.25, 0.3) is 0 Å². The third kappa shape index (κ3) is 5.21. The highest BCUT2D eigenvalue weighted by molar-refractivity contribution is 7.10. The molecule has 2 aromatic heterocycles. The topological polar surface area (TPSA) is 119 Å². The number of hydrogen-bond donors (Lipinski definition) is 1. The molecule has 1 amide bonds. The van der Waals surface area contributed by atoms with E-state index >= 15 is 0 Å². The molecule has 1 aromatic carbocycles.